The summed E-state index contributed by atoms with van der Waals surface area (Å²) in [5.41, 5.74) is 1.86. The Labute approximate surface area is 161 Å². The minimum Gasteiger partial charge on any atom is -0.467 e. The lowest BCUT2D eigenvalue weighted by molar-refractivity contribution is 0.485. The Hall–Kier alpha value is -3.19. The van der Waals surface area contributed by atoms with Gasteiger partial charge in [0, 0.05) is 18.1 Å². The molecule has 134 valence electrons. The van der Waals surface area contributed by atoms with Crippen molar-refractivity contribution < 1.29 is 4.42 Å². The van der Waals surface area contributed by atoms with E-state index in [0.717, 1.165) is 16.7 Å². The number of nitrogens with zero attached hydrogens (tertiary/aromatic N) is 5. The molecule has 0 N–H and O–H groups in total. The van der Waals surface area contributed by atoms with Crippen LogP contribution < -0.4 is 0 Å². The fourth-order valence-electron chi connectivity index (χ4n) is 2.57. The Morgan fingerprint density at radius 3 is 2.74 bits per heavy atom. The molecular weight excluding hydrogens is 358 g/mol. The smallest absolute Gasteiger partial charge is 0.192 e. The van der Waals surface area contributed by atoms with Gasteiger partial charge in [-0.15, -0.1) is 10.2 Å². The topological polar surface area (TPSA) is 69.6 Å². The second-order valence-corrected chi connectivity index (χ2v) is 6.67. The molecule has 0 saturated heterocycles. The maximum absolute atomic E-state index is 5.50. The SMILES string of the molecule is C(=Cc1ccccc1)CSc1nnc(-c2cnccn2)n1Cc1ccco1. The Balaban J connectivity index is 1.54. The van der Waals surface area contributed by atoms with Gasteiger partial charge >= 0.3 is 0 Å². The second-order valence-electron chi connectivity index (χ2n) is 5.69. The molecule has 0 aliphatic rings. The largest absolute Gasteiger partial charge is 0.467 e. The lowest BCUT2D eigenvalue weighted by atomic mass is 10.2. The van der Waals surface area contributed by atoms with Crippen LogP contribution in [0.25, 0.3) is 17.6 Å². The molecule has 0 aliphatic carbocycles. The van der Waals surface area contributed by atoms with Gasteiger partial charge in [-0.25, -0.2) is 4.98 Å². The van der Waals surface area contributed by atoms with E-state index in [1.807, 2.05) is 34.9 Å². The number of rotatable bonds is 7. The number of thioether (sulfide) groups is 1. The molecule has 0 amide bonds. The van der Waals surface area contributed by atoms with Crippen LogP contribution in [0.15, 0.2) is 83.0 Å². The van der Waals surface area contributed by atoms with Crippen LogP contribution in [0, 0.1) is 0 Å². The first-order valence-electron chi connectivity index (χ1n) is 8.46. The van der Waals surface area contributed by atoms with Crippen LogP contribution in [-0.4, -0.2) is 30.5 Å². The van der Waals surface area contributed by atoms with Gasteiger partial charge in [-0.05, 0) is 17.7 Å². The third kappa shape index (κ3) is 4.32. The molecule has 3 heterocycles. The van der Waals surface area contributed by atoms with E-state index in [1.54, 1.807) is 36.6 Å². The third-order valence-electron chi connectivity index (χ3n) is 3.82. The average molecular weight is 375 g/mol. The zero-order chi connectivity index (χ0) is 18.3. The van der Waals surface area contributed by atoms with Gasteiger partial charge in [0.05, 0.1) is 19.0 Å². The summed E-state index contributed by atoms with van der Waals surface area (Å²) in [5.74, 6) is 2.29. The van der Waals surface area contributed by atoms with Crippen molar-refractivity contribution in [2.24, 2.45) is 0 Å². The van der Waals surface area contributed by atoms with Crippen LogP contribution >= 0.6 is 11.8 Å². The van der Waals surface area contributed by atoms with Gasteiger partial charge in [0.15, 0.2) is 11.0 Å². The van der Waals surface area contributed by atoms with Crippen molar-refractivity contribution in [2.45, 2.75) is 11.7 Å². The standard InChI is InChI=1S/C20H17N5OS/c1-2-6-16(7-3-1)8-5-13-27-20-24-23-19(18-14-21-10-11-22-18)25(20)15-17-9-4-12-26-17/h1-12,14H,13,15H2. The fourth-order valence-corrected chi connectivity index (χ4v) is 3.32. The summed E-state index contributed by atoms with van der Waals surface area (Å²) in [4.78, 5) is 8.48. The van der Waals surface area contributed by atoms with Gasteiger partial charge in [0.25, 0.3) is 0 Å². The predicted molar refractivity (Wildman–Crippen MR) is 105 cm³/mol. The minimum atomic E-state index is 0.538. The van der Waals surface area contributed by atoms with Crippen LogP contribution in [0.3, 0.4) is 0 Å². The molecule has 7 heteroatoms. The van der Waals surface area contributed by atoms with Crippen LogP contribution in [0.1, 0.15) is 11.3 Å². The van der Waals surface area contributed by atoms with Crippen molar-refractivity contribution in [2.75, 3.05) is 5.75 Å². The molecule has 0 radical (unpaired) electrons. The predicted octanol–water partition coefficient (Wildman–Crippen LogP) is 4.18. The van der Waals surface area contributed by atoms with Crippen LogP contribution in [0.4, 0.5) is 0 Å². The van der Waals surface area contributed by atoms with Gasteiger partial charge in [-0.3, -0.25) is 9.55 Å². The number of hydrogen-bond acceptors (Lipinski definition) is 6. The summed E-state index contributed by atoms with van der Waals surface area (Å²) in [6.07, 6.45) is 10.9. The Kier molecular flexibility index (Phi) is 5.40. The average Bonchev–Trinajstić information content (AvgIpc) is 3.37. The Morgan fingerprint density at radius 2 is 1.96 bits per heavy atom. The molecule has 4 aromatic rings. The Morgan fingerprint density at radius 1 is 1.04 bits per heavy atom. The highest BCUT2D eigenvalue weighted by atomic mass is 32.2. The molecule has 0 atom stereocenters. The van der Waals surface area contributed by atoms with Gasteiger partial charge in [0.1, 0.15) is 11.5 Å². The minimum absolute atomic E-state index is 0.538. The zero-order valence-corrected chi connectivity index (χ0v) is 15.3. The molecule has 3 aromatic heterocycles. The van der Waals surface area contributed by atoms with E-state index in [0.29, 0.717) is 18.1 Å². The van der Waals surface area contributed by atoms with Crippen molar-refractivity contribution >= 4 is 17.8 Å². The van der Waals surface area contributed by atoms with Crippen molar-refractivity contribution in [3.8, 4) is 11.5 Å². The summed E-state index contributed by atoms with van der Waals surface area (Å²) in [5, 5.41) is 9.49. The van der Waals surface area contributed by atoms with E-state index in [2.05, 4.69) is 44.5 Å². The number of benzene rings is 1. The summed E-state index contributed by atoms with van der Waals surface area (Å²) in [6.45, 7) is 0.538. The monoisotopic (exact) mass is 375 g/mol. The molecule has 0 unspecified atom stereocenters. The third-order valence-corrected chi connectivity index (χ3v) is 4.74. The van der Waals surface area contributed by atoms with Gasteiger partial charge in [-0.1, -0.05) is 54.2 Å². The zero-order valence-electron chi connectivity index (χ0n) is 14.5. The molecule has 4 rings (SSSR count). The summed E-state index contributed by atoms with van der Waals surface area (Å²) in [7, 11) is 0. The molecule has 0 aliphatic heterocycles. The maximum atomic E-state index is 5.50. The summed E-state index contributed by atoms with van der Waals surface area (Å²) >= 11 is 1.62. The van der Waals surface area contributed by atoms with E-state index in [9.17, 15) is 0 Å². The molecule has 6 nitrogen and oxygen atoms in total. The lowest BCUT2D eigenvalue weighted by Crippen LogP contribution is -2.04. The molecule has 1 aromatic carbocycles. The Bertz CT molecular complexity index is 998. The first kappa shape index (κ1) is 17.2. The van der Waals surface area contributed by atoms with E-state index in [1.165, 1.54) is 5.56 Å². The lowest BCUT2D eigenvalue weighted by Gasteiger charge is -2.07. The van der Waals surface area contributed by atoms with Crippen molar-refractivity contribution in [1.29, 1.82) is 0 Å². The highest BCUT2D eigenvalue weighted by Crippen LogP contribution is 2.24. The maximum Gasteiger partial charge on any atom is 0.192 e. The molecule has 0 bridgehead atoms. The molecule has 0 spiro atoms. The normalized spacial score (nSPS) is 11.3. The van der Waals surface area contributed by atoms with Crippen molar-refractivity contribution in [1.82, 2.24) is 24.7 Å². The van der Waals surface area contributed by atoms with E-state index in [4.69, 9.17) is 4.42 Å². The van der Waals surface area contributed by atoms with Gasteiger partial charge in [0.2, 0.25) is 0 Å². The van der Waals surface area contributed by atoms with Gasteiger partial charge < -0.3 is 4.42 Å². The first-order chi connectivity index (χ1) is 13.4. The quantitative estimate of drug-likeness (QED) is 0.451. The first-order valence-corrected chi connectivity index (χ1v) is 9.45. The van der Waals surface area contributed by atoms with Gasteiger partial charge in [-0.2, -0.15) is 0 Å². The fraction of sp³-hybridized carbons (Fsp3) is 0.100. The van der Waals surface area contributed by atoms with Crippen LogP contribution in [-0.2, 0) is 6.54 Å². The highest BCUT2D eigenvalue weighted by molar-refractivity contribution is 7.99. The summed E-state index contributed by atoms with van der Waals surface area (Å²) < 4.78 is 7.50. The van der Waals surface area contributed by atoms with Crippen LogP contribution in [0.5, 0.6) is 0 Å². The molecule has 27 heavy (non-hydrogen) atoms. The van der Waals surface area contributed by atoms with E-state index < -0.39 is 0 Å². The number of aromatic nitrogens is 5. The van der Waals surface area contributed by atoms with Crippen molar-refractivity contribution in [3.63, 3.8) is 0 Å². The van der Waals surface area contributed by atoms with E-state index >= 15 is 0 Å². The molecule has 0 saturated carbocycles. The van der Waals surface area contributed by atoms with Crippen molar-refractivity contribution in [3.05, 3.63) is 84.7 Å². The summed E-state index contributed by atoms with van der Waals surface area (Å²) in [6, 6.07) is 14.0. The van der Waals surface area contributed by atoms with E-state index in [-0.39, 0.29) is 0 Å². The molecule has 0 fully saturated rings. The van der Waals surface area contributed by atoms with Crippen LogP contribution in [0.2, 0.25) is 0 Å². The number of hydrogen-bond donors (Lipinski definition) is 0. The molecular formula is C20H17N5OS. The second kappa shape index (κ2) is 8.46. The highest BCUT2D eigenvalue weighted by Gasteiger charge is 2.16. The number of furan rings is 1.